The normalized spacial score (nSPS) is 10.6. The molecule has 0 bridgehead atoms. The lowest BCUT2D eigenvalue weighted by atomic mass is 10.1. The summed E-state index contributed by atoms with van der Waals surface area (Å²) in [5.41, 5.74) is 4.48. The number of hydrogen-bond donors (Lipinski definition) is 1. The van der Waals surface area contributed by atoms with E-state index in [1.54, 1.807) is 18.4 Å². The molecule has 1 aromatic heterocycles. The Morgan fingerprint density at radius 2 is 1.82 bits per heavy atom. The van der Waals surface area contributed by atoms with Gasteiger partial charge < -0.3 is 4.74 Å². The van der Waals surface area contributed by atoms with Crippen molar-refractivity contribution in [1.29, 1.82) is 0 Å². The van der Waals surface area contributed by atoms with Gasteiger partial charge in [0.25, 0.3) is 0 Å². The molecule has 0 N–H and O–H groups in total. The van der Waals surface area contributed by atoms with Gasteiger partial charge in [0.1, 0.15) is 10.8 Å². The Morgan fingerprint density at radius 3 is 2.35 bits per heavy atom. The van der Waals surface area contributed by atoms with Crippen LogP contribution in [0, 0.1) is 20.8 Å². The highest BCUT2D eigenvalue weighted by molar-refractivity contribution is 7.83. The number of methoxy groups -OCH3 is 1. The van der Waals surface area contributed by atoms with Crippen molar-refractivity contribution >= 4 is 24.0 Å². The van der Waals surface area contributed by atoms with Gasteiger partial charge in [-0.2, -0.15) is 0 Å². The second-order valence-corrected chi connectivity index (χ2v) is 5.80. The highest BCUT2D eigenvalue weighted by Gasteiger charge is 2.13. The zero-order chi connectivity index (χ0) is 12.6. The quantitative estimate of drug-likeness (QED) is 0.828. The Kier molecular flexibility index (Phi) is 3.45. The molecule has 17 heavy (non-hydrogen) atoms. The molecule has 0 aliphatic rings. The Hall–Kier alpha value is -1.000. The number of aryl methyl sites for hydroxylation is 3. The van der Waals surface area contributed by atoms with Crippen LogP contribution in [0.3, 0.4) is 0 Å². The van der Waals surface area contributed by atoms with Crippen LogP contribution in [0.15, 0.2) is 16.3 Å². The second kappa shape index (κ2) is 4.70. The van der Waals surface area contributed by atoms with Crippen LogP contribution in [0.5, 0.6) is 5.75 Å². The third-order valence-corrected chi connectivity index (χ3v) is 4.41. The number of aromatic nitrogens is 1. The molecule has 0 amide bonds. The van der Waals surface area contributed by atoms with Crippen molar-refractivity contribution in [3.8, 4) is 16.3 Å². The van der Waals surface area contributed by atoms with Crippen LogP contribution in [0.4, 0.5) is 0 Å². The standard InChI is InChI=1S/C13H15NOS2/c1-7-5-10(11(15-4)6-8(7)2)12-14-9(3)13(16)17-12/h5-6,16H,1-4H3. The van der Waals surface area contributed by atoms with Gasteiger partial charge in [-0.3, -0.25) is 0 Å². The summed E-state index contributed by atoms with van der Waals surface area (Å²) in [7, 11) is 1.69. The van der Waals surface area contributed by atoms with Gasteiger partial charge >= 0.3 is 0 Å². The molecule has 0 aliphatic heterocycles. The molecule has 0 fully saturated rings. The molecule has 0 aliphatic carbocycles. The molecular weight excluding hydrogens is 250 g/mol. The molecule has 2 aromatic rings. The summed E-state index contributed by atoms with van der Waals surface area (Å²) in [6.07, 6.45) is 0. The summed E-state index contributed by atoms with van der Waals surface area (Å²) < 4.78 is 6.39. The lowest BCUT2D eigenvalue weighted by Crippen LogP contribution is -1.91. The minimum absolute atomic E-state index is 0.871. The highest BCUT2D eigenvalue weighted by atomic mass is 32.2. The average molecular weight is 265 g/mol. The third-order valence-electron chi connectivity index (χ3n) is 2.82. The van der Waals surface area contributed by atoms with E-state index in [0.717, 1.165) is 26.2 Å². The van der Waals surface area contributed by atoms with Crippen molar-refractivity contribution < 1.29 is 4.74 Å². The van der Waals surface area contributed by atoms with Crippen LogP contribution in [0.25, 0.3) is 10.6 Å². The van der Waals surface area contributed by atoms with Gasteiger partial charge in [-0.15, -0.1) is 24.0 Å². The Morgan fingerprint density at radius 1 is 1.18 bits per heavy atom. The van der Waals surface area contributed by atoms with Crippen LogP contribution >= 0.6 is 24.0 Å². The zero-order valence-corrected chi connectivity index (χ0v) is 12.1. The molecular formula is C13H15NOS2. The van der Waals surface area contributed by atoms with Gasteiger partial charge in [0.05, 0.1) is 22.6 Å². The summed E-state index contributed by atoms with van der Waals surface area (Å²) in [6, 6.07) is 4.18. The molecule has 90 valence electrons. The molecule has 1 aromatic carbocycles. The molecule has 0 saturated heterocycles. The topological polar surface area (TPSA) is 22.1 Å². The number of thiol groups is 1. The molecule has 0 saturated carbocycles. The van der Waals surface area contributed by atoms with Gasteiger partial charge in [0.2, 0.25) is 0 Å². The van der Waals surface area contributed by atoms with E-state index in [1.807, 2.05) is 6.92 Å². The summed E-state index contributed by atoms with van der Waals surface area (Å²) in [6.45, 7) is 6.15. The minimum atomic E-state index is 0.871. The molecule has 0 atom stereocenters. The van der Waals surface area contributed by atoms with E-state index >= 15 is 0 Å². The van der Waals surface area contributed by atoms with Crippen LogP contribution in [0.1, 0.15) is 16.8 Å². The van der Waals surface area contributed by atoms with Crippen molar-refractivity contribution in [2.45, 2.75) is 25.0 Å². The molecule has 1 heterocycles. The van der Waals surface area contributed by atoms with Gasteiger partial charge in [-0.05, 0) is 44.0 Å². The van der Waals surface area contributed by atoms with Crippen LogP contribution in [-0.4, -0.2) is 12.1 Å². The maximum Gasteiger partial charge on any atom is 0.129 e. The maximum absolute atomic E-state index is 5.43. The van der Waals surface area contributed by atoms with Crippen molar-refractivity contribution in [1.82, 2.24) is 4.98 Å². The molecule has 0 spiro atoms. The Bertz CT molecular complexity index is 541. The van der Waals surface area contributed by atoms with Crippen molar-refractivity contribution in [3.05, 3.63) is 29.0 Å². The van der Waals surface area contributed by atoms with E-state index < -0.39 is 0 Å². The van der Waals surface area contributed by atoms with Gasteiger partial charge in [-0.25, -0.2) is 4.98 Å². The Balaban J connectivity index is 2.61. The predicted octanol–water partition coefficient (Wildman–Crippen LogP) is 4.03. The molecule has 2 rings (SSSR count). The first-order valence-electron chi connectivity index (χ1n) is 5.35. The summed E-state index contributed by atoms with van der Waals surface area (Å²) in [5.74, 6) is 0.871. The summed E-state index contributed by atoms with van der Waals surface area (Å²) >= 11 is 5.98. The van der Waals surface area contributed by atoms with E-state index in [9.17, 15) is 0 Å². The molecule has 2 nitrogen and oxygen atoms in total. The number of nitrogens with zero attached hydrogens (tertiary/aromatic N) is 1. The van der Waals surface area contributed by atoms with Crippen LogP contribution in [-0.2, 0) is 0 Å². The fraction of sp³-hybridized carbons (Fsp3) is 0.308. The van der Waals surface area contributed by atoms with Crippen LogP contribution in [0.2, 0.25) is 0 Å². The van der Waals surface area contributed by atoms with Crippen LogP contribution < -0.4 is 4.74 Å². The summed E-state index contributed by atoms with van der Waals surface area (Å²) in [4.78, 5) is 4.52. The van der Waals surface area contributed by atoms with Crippen molar-refractivity contribution in [3.63, 3.8) is 0 Å². The zero-order valence-electron chi connectivity index (χ0n) is 10.4. The van der Waals surface area contributed by atoms with Gasteiger partial charge in [-0.1, -0.05) is 0 Å². The predicted molar refractivity (Wildman–Crippen MR) is 75.6 cm³/mol. The lowest BCUT2D eigenvalue weighted by Gasteiger charge is -2.09. The summed E-state index contributed by atoms with van der Waals surface area (Å²) in [5, 5.41) is 0.965. The molecule has 4 heteroatoms. The number of hydrogen-bond acceptors (Lipinski definition) is 4. The van der Waals surface area contributed by atoms with E-state index in [-0.39, 0.29) is 0 Å². The van der Waals surface area contributed by atoms with Crippen molar-refractivity contribution in [2.75, 3.05) is 7.11 Å². The first-order valence-corrected chi connectivity index (χ1v) is 6.61. The maximum atomic E-state index is 5.43. The molecule has 0 unspecified atom stereocenters. The highest BCUT2D eigenvalue weighted by Crippen LogP contribution is 2.37. The van der Waals surface area contributed by atoms with E-state index in [0.29, 0.717) is 0 Å². The molecule has 0 radical (unpaired) electrons. The minimum Gasteiger partial charge on any atom is -0.496 e. The van der Waals surface area contributed by atoms with E-state index in [1.165, 1.54) is 11.1 Å². The number of rotatable bonds is 2. The number of benzene rings is 1. The van der Waals surface area contributed by atoms with E-state index in [2.05, 4.69) is 43.6 Å². The smallest absolute Gasteiger partial charge is 0.129 e. The monoisotopic (exact) mass is 265 g/mol. The number of thiazole rings is 1. The first-order chi connectivity index (χ1) is 8.02. The fourth-order valence-corrected chi connectivity index (χ4v) is 2.77. The first kappa shape index (κ1) is 12.5. The second-order valence-electron chi connectivity index (χ2n) is 4.05. The fourth-order valence-electron chi connectivity index (χ4n) is 1.63. The lowest BCUT2D eigenvalue weighted by molar-refractivity contribution is 0.416. The van der Waals surface area contributed by atoms with Gasteiger partial charge in [0, 0.05) is 0 Å². The SMILES string of the molecule is COc1cc(C)c(C)cc1-c1nc(C)c(S)s1. The van der Waals surface area contributed by atoms with Crippen molar-refractivity contribution in [2.24, 2.45) is 0 Å². The third kappa shape index (κ3) is 2.33. The van der Waals surface area contributed by atoms with Gasteiger partial charge in [0.15, 0.2) is 0 Å². The Labute approximate surface area is 111 Å². The average Bonchev–Trinajstić information content (AvgIpc) is 2.62. The van der Waals surface area contributed by atoms with E-state index in [4.69, 9.17) is 4.74 Å². The largest absolute Gasteiger partial charge is 0.496 e. The number of ether oxygens (including phenoxy) is 1.